The van der Waals surface area contributed by atoms with Gasteiger partial charge >= 0.3 is 0 Å². The summed E-state index contributed by atoms with van der Waals surface area (Å²) in [5, 5.41) is 9.99. The van der Waals surface area contributed by atoms with Gasteiger partial charge in [-0.25, -0.2) is 0 Å². The Labute approximate surface area is 102 Å². The van der Waals surface area contributed by atoms with E-state index in [1.807, 2.05) is 60.7 Å². The van der Waals surface area contributed by atoms with Gasteiger partial charge in [0.25, 0.3) is 0 Å². The predicted octanol–water partition coefficient (Wildman–Crippen LogP) is 3.03. The Hall–Kier alpha value is -1.64. The van der Waals surface area contributed by atoms with E-state index < -0.39 is 6.10 Å². The lowest BCUT2D eigenvalue weighted by molar-refractivity contribution is 0.220. The van der Waals surface area contributed by atoms with Gasteiger partial charge in [-0.05, 0) is 11.1 Å². The van der Waals surface area contributed by atoms with Crippen LogP contribution in [-0.2, 0) is 4.74 Å². The molecule has 0 fully saturated rings. The van der Waals surface area contributed by atoms with Gasteiger partial charge in [-0.2, -0.15) is 0 Å². The summed E-state index contributed by atoms with van der Waals surface area (Å²) in [5.74, 6) is 0. The molecule has 0 atom stereocenters. The molecule has 2 heteroatoms. The summed E-state index contributed by atoms with van der Waals surface area (Å²) in [7, 11) is 3.25. The van der Waals surface area contributed by atoms with Crippen LogP contribution in [0.1, 0.15) is 17.2 Å². The summed E-state index contributed by atoms with van der Waals surface area (Å²) in [5.41, 5.74) is 1.86. The molecule has 0 aliphatic rings. The van der Waals surface area contributed by atoms with E-state index in [0.717, 1.165) is 11.1 Å². The predicted molar refractivity (Wildman–Crippen MR) is 69.9 cm³/mol. The molecule has 2 aromatic carbocycles. The highest BCUT2D eigenvalue weighted by atomic mass is 16.4. The highest BCUT2D eigenvalue weighted by molar-refractivity contribution is 5.29. The number of ether oxygens (including phenoxy) is 1. The minimum atomic E-state index is -0.516. The van der Waals surface area contributed by atoms with Crippen LogP contribution in [0.2, 0.25) is 0 Å². The zero-order chi connectivity index (χ0) is 12.5. The maximum absolute atomic E-state index is 9.99. The summed E-state index contributed by atoms with van der Waals surface area (Å²) in [6.07, 6.45) is -0.516. The third-order valence-electron chi connectivity index (χ3n) is 2.23. The fourth-order valence-electron chi connectivity index (χ4n) is 1.46. The van der Waals surface area contributed by atoms with Crippen LogP contribution >= 0.6 is 0 Å². The van der Waals surface area contributed by atoms with Crippen molar-refractivity contribution in [3.63, 3.8) is 0 Å². The van der Waals surface area contributed by atoms with Crippen LogP contribution in [0.3, 0.4) is 0 Å². The number of rotatable bonds is 2. The Kier molecular flexibility index (Phi) is 6.00. The Balaban J connectivity index is 0.000000437. The Morgan fingerprint density at radius 2 is 1.06 bits per heavy atom. The van der Waals surface area contributed by atoms with Crippen LogP contribution in [0.5, 0.6) is 0 Å². The normalized spacial score (nSPS) is 9.65. The van der Waals surface area contributed by atoms with Gasteiger partial charge in [0.2, 0.25) is 0 Å². The lowest BCUT2D eigenvalue weighted by Crippen LogP contribution is -1.98. The van der Waals surface area contributed by atoms with Crippen molar-refractivity contribution in [2.24, 2.45) is 0 Å². The Morgan fingerprint density at radius 1 is 0.765 bits per heavy atom. The fourth-order valence-corrected chi connectivity index (χ4v) is 1.46. The maximum Gasteiger partial charge on any atom is 0.104 e. The lowest BCUT2D eigenvalue weighted by atomic mass is 10.0. The van der Waals surface area contributed by atoms with E-state index in [0.29, 0.717) is 0 Å². The van der Waals surface area contributed by atoms with Gasteiger partial charge in [-0.3, -0.25) is 0 Å². The van der Waals surface area contributed by atoms with Crippen LogP contribution < -0.4 is 0 Å². The van der Waals surface area contributed by atoms with Crippen LogP contribution in [0.4, 0.5) is 0 Å². The number of methoxy groups -OCH3 is 1. The molecule has 0 amide bonds. The van der Waals surface area contributed by atoms with Gasteiger partial charge in [0.15, 0.2) is 0 Å². The second-order valence-electron chi connectivity index (χ2n) is 3.63. The molecule has 1 N–H and O–H groups in total. The molecule has 0 unspecified atom stereocenters. The Bertz CT molecular complexity index is 358. The lowest BCUT2D eigenvalue weighted by Gasteiger charge is -2.10. The van der Waals surface area contributed by atoms with E-state index in [2.05, 4.69) is 4.74 Å². The molecule has 0 saturated heterocycles. The minimum absolute atomic E-state index is 0.516. The van der Waals surface area contributed by atoms with E-state index in [1.165, 1.54) is 0 Å². The zero-order valence-electron chi connectivity index (χ0n) is 10.2. The molecule has 2 aromatic rings. The molecule has 2 rings (SSSR count). The molecule has 0 aliphatic carbocycles. The second kappa shape index (κ2) is 7.60. The standard InChI is InChI=1S/C13H12O.C2H6O/c14-13(11-7-3-1-4-8-11)12-9-5-2-6-10-12;1-3-2/h1-10,13-14H;1-2H3. The first kappa shape index (κ1) is 13.4. The molecule has 0 spiro atoms. The summed E-state index contributed by atoms with van der Waals surface area (Å²) in [6, 6.07) is 19.3. The number of benzene rings is 2. The van der Waals surface area contributed by atoms with Gasteiger partial charge in [-0.15, -0.1) is 0 Å². The van der Waals surface area contributed by atoms with Crippen LogP contribution in [-0.4, -0.2) is 19.3 Å². The largest absolute Gasteiger partial charge is 0.388 e. The van der Waals surface area contributed by atoms with Crippen LogP contribution in [0.15, 0.2) is 60.7 Å². The van der Waals surface area contributed by atoms with Crippen molar-refractivity contribution in [3.8, 4) is 0 Å². The summed E-state index contributed by atoms with van der Waals surface area (Å²) < 4.78 is 4.25. The van der Waals surface area contributed by atoms with Gasteiger partial charge < -0.3 is 9.84 Å². The molecule has 0 aliphatic heterocycles. The third-order valence-corrected chi connectivity index (χ3v) is 2.23. The van der Waals surface area contributed by atoms with E-state index in [4.69, 9.17) is 0 Å². The molecular formula is C15H18O2. The summed E-state index contributed by atoms with van der Waals surface area (Å²) in [6.45, 7) is 0. The smallest absolute Gasteiger partial charge is 0.104 e. The van der Waals surface area contributed by atoms with Crippen molar-refractivity contribution in [3.05, 3.63) is 71.8 Å². The first-order chi connectivity index (χ1) is 8.29. The Morgan fingerprint density at radius 3 is 1.35 bits per heavy atom. The van der Waals surface area contributed by atoms with Crippen LogP contribution in [0, 0.1) is 0 Å². The first-order valence-corrected chi connectivity index (χ1v) is 5.47. The molecule has 0 aromatic heterocycles. The SMILES string of the molecule is COC.OC(c1ccccc1)c1ccccc1. The zero-order valence-corrected chi connectivity index (χ0v) is 10.2. The maximum atomic E-state index is 9.99. The summed E-state index contributed by atoms with van der Waals surface area (Å²) in [4.78, 5) is 0. The highest BCUT2D eigenvalue weighted by Gasteiger charge is 2.07. The van der Waals surface area contributed by atoms with Crippen molar-refractivity contribution >= 4 is 0 Å². The number of aliphatic hydroxyl groups excluding tert-OH is 1. The molecule has 2 nitrogen and oxygen atoms in total. The van der Waals surface area contributed by atoms with E-state index >= 15 is 0 Å². The van der Waals surface area contributed by atoms with Crippen molar-refractivity contribution in [2.75, 3.05) is 14.2 Å². The topological polar surface area (TPSA) is 29.5 Å². The third kappa shape index (κ3) is 4.39. The van der Waals surface area contributed by atoms with Crippen molar-refractivity contribution in [2.45, 2.75) is 6.10 Å². The van der Waals surface area contributed by atoms with E-state index in [-0.39, 0.29) is 0 Å². The molecule has 0 heterocycles. The first-order valence-electron chi connectivity index (χ1n) is 5.47. The molecule has 0 radical (unpaired) electrons. The minimum Gasteiger partial charge on any atom is -0.388 e. The van der Waals surface area contributed by atoms with E-state index in [1.54, 1.807) is 14.2 Å². The number of hydrogen-bond acceptors (Lipinski definition) is 2. The number of aliphatic hydroxyl groups is 1. The van der Waals surface area contributed by atoms with Crippen molar-refractivity contribution < 1.29 is 9.84 Å². The van der Waals surface area contributed by atoms with Gasteiger partial charge in [0.05, 0.1) is 0 Å². The highest BCUT2D eigenvalue weighted by Crippen LogP contribution is 2.20. The van der Waals surface area contributed by atoms with Crippen LogP contribution in [0.25, 0.3) is 0 Å². The molecular weight excluding hydrogens is 212 g/mol. The fraction of sp³-hybridized carbons (Fsp3) is 0.200. The molecule has 90 valence electrons. The molecule has 0 bridgehead atoms. The van der Waals surface area contributed by atoms with Gasteiger partial charge in [0.1, 0.15) is 6.10 Å². The van der Waals surface area contributed by atoms with E-state index in [9.17, 15) is 5.11 Å². The van der Waals surface area contributed by atoms with Crippen molar-refractivity contribution in [1.82, 2.24) is 0 Å². The molecule has 17 heavy (non-hydrogen) atoms. The van der Waals surface area contributed by atoms with Gasteiger partial charge in [-0.1, -0.05) is 60.7 Å². The summed E-state index contributed by atoms with van der Waals surface area (Å²) >= 11 is 0. The quantitative estimate of drug-likeness (QED) is 0.859. The van der Waals surface area contributed by atoms with Gasteiger partial charge in [0, 0.05) is 14.2 Å². The molecule has 0 saturated carbocycles. The van der Waals surface area contributed by atoms with Crippen molar-refractivity contribution in [1.29, 1.82) is 0 Å². The average molecular weight is 230 g/mol. The monoisotopic (exact) mass is 230 g/mol. The second-order valence-corrected chi connectivity index (χ2v) is 3.63. The number of hydrogen-bond donors (Lipinski definition) is 1. The average Bonchev–Trinajstić information content (AvgIpc) is 2.41.